The molecule has 1 heterocycles. The van der Waals surface area contributed by atoms with Crippen molar-refractivity contribution in [3.63, 3.8) is 0 Å². The minimum atomic E-state index is 0.388. The van der Waals surface area contributed by atoms with E-state index in [0.717, 1.165) is 35.5 Å². The fourth-order valence-electron chi connectivity index (χ4n) is 2.44. The first-order valence-electron chi connectivity index (χ1n) is 5.85. The Bertz CT molecular complexity index is 439. The predicted molar refractivity (Wildman–Crippen MR) is 72.4 cm³/mol. The summed E-state index contributed by atoms with van der Waals surface area (Å²) in [5, 5.41) is 9.33. The SMILES string of the molecule is CSc1cccc(N2CCCC2CN)c1C#N. The molecule has 0 amide bonds. The van der Waals surface area contributed by atoms with Crippen molar-refractivity contribution in [2.75, 3.05) is 24.2 Å². The molecule has 1 atom stereocenters. The smallest absolute Gasteiger partial charge is 0.103 e. The van der Waals surface area contributed by atoms with Crippen molar-refractivity contribution >= 4 is 17.4 Å². The van der Waals surface area contributed by atoms with Gasteiger partial charge in [-0.25, -0.2) is 0 Å². The molecule has 0 saturated carbocycles. The molecule has 0 radical (unpaired) electrons. The molecule has 0 aromatic heterocycles. The molecule has 1 aromatic rings. The largest absolute Gasteiger partial charge is 0.366 e. The second-order valence-corrected chi connectivity index (χ2v) is 5.04. The van der Waals surface area contributed by atoms with Crippen LogP contribution in [-0.4, -0.2) is 25.4 Å². The highest BCUT2D eigenvalue weighted by molar-refractivity contribution is 7.98. The van der Waals surface area contributed by atoms with Gasteiger partial charge in [0.05, 0.1) is 11.3 Å². The zero-order valence-electron chi connectivity index (χ0n) is 10.0. The Labute approximate surface area is 107 Å². The summed E-state index contributed by atoms with van der Waals surface area (Å²) >= 11 is 1.62. The van der Waals surface area contributed by atoms with Crippen LogP contribution in [0.25, 0.3) is 0 Å². The Morgan fingerprint density at radius 2 is 2.41 bits per heavy atom. The van der Waals surface area contributed by atoms with Crippen molar-refractivity contribution in [3.05, 3.63) is 23.8 Å². The lowest BCUT2D eigenvalue weighted by Crippen LogP contribution is -2.35. The summed E-state index contributed by atoms with van der Waals surface area (Å²) in [5.74, 6) is 0. The zero-order valence-corrected chi connectivity index (χ0v) is 10.8. The summed E-state index contributed by atoms with van der Waals surface area (Å²) in [4.78, 5) is 3.34. The molecular weight excluding hydrogens is 230 g/mol. The first kappa shape index (κ1) is 12.3. The lowest BCUT2D eigenvalue weighted by molar-refractivity contribution is 0.676. The first-order chi connectivity index (χ1) is 8.31. The minimum Gasteiger partial charge on any atom is -0.366 e. The van der Waals surface area contributed by atoms with E-state index in [1.54, 1.807) is 11.8 Å². The number of nitrogens with zero attached hydrogens (tertiary/aromatic N) is 2. The Morgan fingerprint density at radius 3 is 3.06 bits per heavy atom. The maximum absolute atomic E-state index is 9.33. The Kier molecular flexibility index (Phi) is 3.93. The number of nitrogens with two attached hydrogens (primary N) is 1. The number of benzene rings is 1. The number of hydrogen-bond acceptors (Lipinski definition) is 4. The van der Waals surface area contributed by atoms with Gasteiger partial charge in [-0.1, -0.05) is 6.07 Å². The Hall–Kier alpha value is -1.18. The van der Waals surface area contributed by atoms with Gasteiger partial charge in [-0.15, -0.1) is 11.8 Å². The summed E-state index contributed by atoms with van der Waals surface area (Å²) < 4.78 is 0. The van der Waals surface area contributed by atoms with E-state index in [4.69, 9.17) is 5.73 Å². The van der Waals surface area contributed by atoms with Gasteiger partial charge >= 0.3 is 0 Å². The predicted octanol–water partition coefficient (Wildman–Crippen LogP) is 2.21. The third-order valence-electron chi connectivity index (χ3n) is 3.29. The lowest BCUT2D eigenvalue weighted by atomic mass is 10.1. The number of hydrogen-bond donors (Lipinski definition) is 1. The molecule has 0 spiro atoms. The molecular formula is C13H17N3S. The van der Waals surface area contributed by atoms with Crippen LogP contribution in [0.3, 0.4) is 0 Å². The van der Waals surface area contributed by atoms with Crippen LogP contribution >= 0.6 is 11.8 Å². The topological polar surface area (TPSA) is 53.0 Å². The van der Waals surface area contributed by atoms with Gasteiger partial charge in [0.2, 0.25) is 0 Å². The van der Waals surface area contributed by atoms with Crippen LogP contribution in [-0.2, 0) is 0 Å². The summed E-state index contributed by atoms with van der Waals surface area (Å²) in [6.07, 6.45) is 4.30. The Morgan fingerprint density at radius 1 is 1.59 bits per heavy atom. The molecule has 1 aliphatic heterocycles. The molecule has 2 N–H and O–H groups in total. The van der Waals surface area contributed by atoms with Crippen molar-refractivity contribution in [3.8, 4) is 6.07 Å². The molecule has 1 unspecified atom stereocenters. The van der Waals surface area contributed by atoms with Gasteiger partial charge in [-0.05, 0) is 31.2 Å². The molecule has 1 saturated heterocycles. The number of thioether (sulfide) groups is 1. The number of nitriles is 1. The van der Waals surface area contributed by atoms with Crippen LogP contribution in [0.15, 0.2) is 23.1 Å². The Balaban J connectivity index is 2.41. The van der Waals surface area contributed by atoms with E-state index < -0.39 is 0 Å². The van der Waals surface area contributed by atoms with Crippen LogP contribution in [0.4, 0.5) is 5.69 Å². The van der Waals surface area contributed by atoms with E-state index in [2.05, 4.69) is 11.0 Å². The first-order valence-corrected chi connectivity index (χ1v) is 7.08. The fourth-order valence-corrected chi connectivity index (χ4v) is 3.01. The molecule has 4 heteroatoms. The van der Waals surface area contributed by atoms with Gasteiger partial charge < -0.3 is 10.6 Å². The van der Waals surface area contributed by atoms with E-state index >= 15 is 0 Å². The van der Waals surface area contributed by atoms with Crippen molar-refractivity contribution < 1.29 is 0 Å². The van der Waals surface area contributed by atoms with Gasteiger partial charge in [-0.2, -0.15) is 5.26 Å². The summed E-state index contributed by atoms with van der Waals surface area (Å²) in [5.41, 5.74) is 7.63. The zero-order chi connectivity index (χ0) is 12.3. The van der Waals surface area contributed by atoms with E-state index in [-0.39, 0.29) is 0 Å². The maximum Gasteiger partial charge on any atom is 0.103 e. The van der Waals surface area contributed by atoms with Gasteiger partial charge in [0.25, 0.3) is 0 Å². The standard InChI is InChI=1S/C13H17N3S/c1-17-13-6-2-5-12(11(13)9-15)16-7-3-4-10(16)8-14/h2,5-6,10H,3-4,7-8,14H2,1H3. The van der Waals surface area contributed by atoms with E-state index in [9.17, 15) is 5.26 Å². The monoisotopic (exact) mass is 247 g/mol. The molecule has 0 aliphatic carbocycles. The van der Waals surface area contributed by atoms with Crippen LogP contribution in [0.1, 0.15) is 18.4 Å². The highest BCUT2D eigenvalue weighted by Crippen LogP contribution is 2.32. The van der Waals surface area contributed by atoms with Crippen molar-refractivity contribution in [1.29, 1.82) is 5.26 Å². The van der Waals surface area contributed by atoms with E-state index in [1.165, 1.54) is 0 Å². The quantitative estimate of drug-likeness (QED) is 0.832. The third kappa shape index (κ3) is 2.26. The summed E-state index contributed by atoms with van der Waals surface area (Å²) in [6, 6.07) is 8.78. The third-order valence-corrected chi connectivity index (χ3v) is 4.07. The maximum atomic E-state index is 9.33. The normalized spacial score (nSPS) is 19.4. The molecule has 0 bridgehead atoms. The van der Waals surface area contributed by atoms with Gasteiger partial charge in [0.1, 0.15) is 6.07 Å². The highest BCUT2D eigenvalue weighted by Gasteiger charge is 2.25. The molecule has 17 heavy (non-hydrogen) atoms. The van der Waals surface area contributed by atoms with Crippen molar-refractivity contribution in [2.45, 2.75) is 23.8 Å². The van der Waals surface area contributed by atoms with Crippen LogP contribution < -0.4 is 10.6 Å². The highest BCUT2D eigenvalue weighted by atomic mass is 32.2. The summed E-state index contributed by atoms with van der Waals surface area (Å²) in [7, 11) is 0. The molecule has 3 nitrogen and oxygen atoms in total. The molecule has 90 valence electrons. The van der Waals surface area contributed by atoms with E-state index in [0.29, 0.717) is 12.6 Å². The van der Waals surface area contributed by atoms with Crippen molar-refractivity contribution in [1.82, 2.24) is 0 Å². The summed E-state index contributed by atoms with van der Waals surface area (Å²) in [6.45, 7) is 1.67. The van der Waals surface area contributed by atoms with Gasteiger partial charge in [-0.3, -0.25) is 0 Å². The van der Waals surface area contributed by atoms with Gasteiger partial charge in [0.15, 0.2) is 0 Å². The molecule has 2 rings (SSSR count). The van der Waals surface area contributed by atoms with Crippen LogP contribution in [0.5, 0.6) is 0 Å². The number of rotatable bonds is 3. The van der Waals surface area contributed by atoms with Crippen molar-refractivity contribution in [2.24, 2.45) is 5.73 Å². The van der Waals surface area contributed by atoms with E-state index in [1.807, 2.05) is 24.5 Å². The van der Waals surface area contributed by atoms with Crippen LogP contribution in [0, 0.1) is 11.3 Å². The average Bonchev–Trinajstić information content (AvgIpc) is 2.85. The minimum absolute atomic E-state index is 0.388. The van der Waals surface area contributed by atoms with Gasteiger partial charge in [0, 0.05) is 24.0 Å². The molecule has 1 fully saturated rings. The average molecular weight is 247 g/mol. The number of anilines is 1. The second-order valence-electron chi connectivity index (χ2n) is 4.19. The molecule has 1 aliphatic rings. The molecule has 1 aromatic carbocycles. The fraction of sp³-hybridized carbons (Fsp3) is 0.462. The second kappa shape index (κ2) is 5.44. The lowest BCUT2D eigenvalue weighted by Gasteiger charge is -2.27. The van der Waals surface area contributed by atoms with Crippen LogP contribution in [0.2, 0.25) is 0 Å².